The van der Waals surface area contributed by atoms with Crippen LogP contribution in [0.1, 0.15) is 13.8 Å². The molecule has 0 unspecified atom stereocenters. The summed E-state index contributed by atoms with van der Waals surface area (Å²) < 4.78 is 3.87. The van der Waals surface area contributed by atoms with Crippen molar-refractivity contribution in [2.75, 3.05) is 0 Å². The zero-order valence-corrected chi connectivity index (χ0v) is 7.47. The van der Waals surface area contributed by atoms with Gasteiger partial charge in [0.05, 0.1) is 4.75 Å². The molecule has 66 valence electrons. The summed E-state index contributed by atoms with van der Waals surface area (Å²) in [6, 6.07) is 0. The molecule has 0 bridgehead atoms. The van der Waals surface area contributed by atoms with Gasteiger partial charge in [0.25, 0.3) is 0 Å². The van der Waals surface area contributed by atoms with Gasteiger partial charge in [-0.1, -0.05) is 11.8 Å². The third-order valence-corrected chi connectivity index (χ3v) is 2.43. The molecule has 1 rings (SSSR count). The molecule has 0 atom stereocenters. The van der Waals surface area contributed by atoms with Crippen LogP contribution in [0.3, 0.4) is 0 Å². The van der Waals surface area contributed by atoms with Crippen molar-refractivity contribution in [1.82, 2.24) is 0 Å². The molecule has 1 aliphatic rings. The molecule has 0 saturated carbocycles. The van der Waals surface area contributed by atoms with Gasteiger partial charge in [-0.25, -0.2) is 4.79 Å². The van der Waals surface area contributed by atoms with Crippen molar-refractivity contribution in [3.8, 4) is 0 Å². The van der Waals surface area contributed by atoms with Crippen molar-refractivity contribution < 1.29 is 19.4 Å². The third-order valence-electron chi connectivity index (χ3n) is 1.40. The third kappa shape index (κ3) is 1.79. The first kappa shape index (κ1) is 9.12. The first-order chi connectivity index (χ1) is 5.42. The molecular weight excluding hydrogens is 180 g/mol. The second kappa shape index (κ2) is 2.82. The minimum atomic E-state index is -1.38. The van der Waals surface area contributed by atoms with Crippen LogP contribution in [0.4, 0.5) is 4.79 Å². The first-order valence-corrected chi connectivity index (χ1v) is 4.09. The Kier molecular flexibility index (Phi) is 2.14. The van der Waals surface area contributed by atoms with Crippen molar-refractivity contribution in [3.63, 3.8) is 0 Å². The second-order valence-corrected chi connectivity index (χ2v) is 4.44. The minimum Gasteiger partial charge on any atom is -0.449 e. The number of hydrogen-bond donors (Lipinski definition) is 1. The summed E-state index contributed by atoms with van der Waals surface area (Å²) in [5.41, 5.74) is 0. The highest BCUT2D eigenvalue weighted by atomic mass is 32.2. The van der Waals surface area contributed by atoms with E-state index in [-0.39, 0.29) is 10.9 Å². The van der Waals surface area contributed by atoms with Gasteiger partial charge in [0.2, 0.25) is 5.12 Å². The van der Waals surface area contributed by atoms with E-state index in [1.54, 1.807) is 13.8 Å². The zero-order chi connectivity index (χ0) is 9.35. The molecule has 0 aromatic rings. The van der Waals surface area contributed by atoms with Crippen LogP contribution in [0.2, 0.25) is 0 Å². The lowest BCUT2D eigenvalue weighted by Gasteiger charge is -2.17. The summed E-state index contributed by atoms with van der Waals surface area (Å²) in [5, 5.41) is 8.14. The van der Waals surface area contributed by atoms with Gasteiger partial charge in [0.1, 0.15) is 5.76 Å². The molecule has 12 heavy (non-hydrogen) atoms. The average Bonchev–Trinajstić information content (AvgIpc) is 2.04. The largest absolute Gasteiger partial charge is 0.511 e. The number of hydrogen-bond acceptors (Lipinski definition) is 4. The monoisotopic (exact) mass is 188 g/mol. The lowest BCUT2D eigenvalue weighted by molar-refractivity contribution is -0.106. The minimum absolute atomic E-state index is 0.170. The Balaban J connectivity index is 2.81. The number of ether oxygens (including phenoxy) is 1. The Morgan fingerprint density at radius 2 is 2.25 bits per heavy atom. The van der Waals surface area contributed by atoms with E-state index >= 15 is 0 Å². The molecule has 0 aromatic carbocycles. The van der Waals surface area contributed by atoms with Gasteiger partial charge in [-0.3, -0.25) is 4.79 Å². The summed E-state index contributed by atoms with van der Waals surface area (Å²) >= 11 is 1.05. The highest BCUT2D eigenvalue weighted by molar-refractivity contribution is 8.15. The van der Waals surface area contributed by atoms with Crippen molar-refractivity contribution in [2.45, 2.75) is 18.6 Å². The molecule has 0 spiro atoms. The molecule has 1 heterocycles. The fraction of sp³-hybridized carbons (Fsp3) is 0.429. The summed E-state index contributed by atoms with van der Waals surface area (Å²) in [6.45, 7) is 3.47. The summed E-state index contributed by atoms with van der Waals surface area (Å²) in [7, 11) is 0. The number of thioether (sulfide) groups is 1. The van der Waals surface area contributed by atoms with Gasteiger partial charge in [0, 0.05) is 6.08 Å². The molecule has 0 saturated heterocycles. The van der Waals surface area contributed by atoms with Crippen LogP contribution in [0.15, 0.2) is 11.8 Å². The lowest BCUT2D eigenvalue weighted by atomic mass is 10.1. The van der Waals surface area contributed by atoms with Crippen LogP contribution in [0.5, 0.6) is 0 Å². The SMILES string of the molecule is CC1(C)SC(=O)C=C1OC(=O)O. The van der Waals surface area contributed by atoms with Gasteiger partial charge in [-0.05, 0) is 13.8 Å². The number of carboxylic acid groups (broad SMARTS) is 1. The van der Waals surface area contributed by atoms with E-state index in [0.717, 1.165) is 11.8 Å². The van der Waals surface area contributed by atoms with Gasteiger partial charge < -0.3 is 9.84 Å². The molecule has 0 aliphatic carbocycles. The van der Waals surface area contributed by atoms with Crippen LogP contribution in [-0.4, -0.2) is 21.1 Å². The molecule has 1 aliphatic heterocycles. The van der Waals surface area contributed by atoms with Crippen LogP contribution in [-0.2, 0) is 9.53 Å². The second-order valence-electron chi connectivity index (χ2n) is 2.81. The van der Waals surface area contributed by atoms with E-state index in [1.807, 2.05) is 0 Å². The van der Waals surface area contributed by atoms with E-state index in [9.17, 15) is 9.59 Å². The van der Waals surface area contributed by atoms with E-state index in [2.05, 4.69) is 4.74 Å². The molecule has 5 heteroatoms. The zero-order valence-electron chi connectivity index (χ0n) is 6.66. The lowest BCUT2D eigenvalue weighted by Crippen LogP contribution is -2.18. The smallest absolute Gasteiger partial charge is 0.449 e. The maximum absolute atomic E-state index is 10.9. The quantitative estimate of drug-likeness (QED) is 0.633. The van der Waals surface area contributed by atoms with Gasteiger partial charge in [-0.15, -0.1) is 0 Å². The van der Waals surface area contributed by atoms with Gasteiger partial charge in [0.15, 0.2) is 0 Å². The van der Waals surface area contributed by atoms with Crippen LogP contribution >= 0.6 is 11.8 Å². The van der Waals surface area contributed by atoms with Crippen molar-refractivity contribution >= 4 is 23.0 Å². The van der Waals surface area contributed by atoms with Crippen molar-refractivity contribution in [3.05, 3.63) is 11.8 Å². The Morgan fingerprint density at radius 1 is 1.67 bits per heavy atom. The molecule has 0 amide bonds. The van der Waals surface area contributed by atoms with Crippen molar-refractivity contribution in [2.24, 2.45) is 0 Å². The average molecular weight is 188 g/mol. The number of carbonyl (C=O) groups is 2. The van der Waals surface area contributed by atoms with E-state index in [0.29, 0.717) is 0 Å². The molecular formula is C7H8O4S. The molecule has 4 nitrogen and oxygen atoms in total. The summed E-state index contributed by atoms with van der Waals surface area (Å²) in [5.74, 6) is 0.199. The summed E-state index contributed by atoms with van der Waals surface area (Å²) in [4.78, 5) is 21.0. The standard InChI is InChI=1S/C7H8O4S/c1-7(2)4(11-6(9)10)3-5(8)12-7/h3H,1-2H3,(H,9,10). The maximum Gasteiger partial charge on any atom is 0.511 e. The fourth-order valence-corrected chi connectivity index (χ4v) is 1.73. The van der Waals surface area contributed by atoms with Gasteiger partial charge >= 0.3 is 6.16 Å². The molecule has 0 radical (unpaired) electrons. The summed E-state index contributed by atoms with van der Waals surface area (Å²) in [6.07, 6.45) is -0.177. The first-order valence-electron chi connectivity index (χ1n) is 3.28. The Bertz CT molecular complexity index is 267. The molecule has 0 aromatic heterocycles. The highest BCUT2D eigenvalue weighted by Crippen LogP contribution is 2.39. The fourth-order valence-electron chi connectivity index (χ4n) is 0.858. The van der Waals surface area contributed by atoms with E-state index in [1.165, 1.54) is 6.08 Å². The Morgan fingerprint density at radius 3 is 2.58 bits per heavy atom. The highest BCUT2D eigenvalue weighted by Gasteiger charge is 2.36. The Labute approximate surface area is 73.6 Å². The number of rotatable bonds is 1. The topological polar surface area (TPSA) is 63.6 Å². The predicted molar refractivity (Wildman–Crippen MR) is 43.9 cm³/mol. The van der Waals surface area contributed by atoms with Crippen LogP contribution in [0.25, 0.3) is 0 Å². The Hall–Kier alpha value is -0.970. The van der Waals surface area contributed by atoms with Crippen LogP contribution in [0, 0.1) is 0 Å². The number of carbonyl (C=O) groups excluding carboxylic acids is 1. The normalized spacial score (nSPS) is 20.5. The van der Waals surface area contributed by atoms with E-state index in [4.69, 9.17) is 5.11 Å². The maximum atomic E-state index is 10.9. The predicted octanol–water partition coefficient (Wildman–Crippen LogP) is 1.62. The molecule has 1 N–H and O–H groups in total. The van der Waals surface area contributed by atoms with Crippen LogP contribution < -0.4 is 0 Å². The van der Waals surface area contributed by atoms with Gasteiger partial charge in [-0.2, -0.15) is 0 Å². The van der Waals surface area contributed by atoms with Crippen molar-refractivity contribution in [1.29, 1.82) is 0 Å². The van der Waals surface area contributed by atoms with E-state index < -0.39 is 10.9 Å². The molecule has 0 fully saturated rings.